The molecule has 14 heavy (non-hydrogen) atoms. The van der Waals surface area contributed by atoms with E-state index in [-0.39, 0.29) is 5.69 Å². The summed E-state index contributed by atoms with van der Waals surface area (Å²) >= 11 is 7.23. The number of aromatic nitrogens is 1. The van der Waals surface area contributed by atoms with Crippen LogP contribution < -0.4 is 5.73 Å². The van der Waals surface area contributed by atoms with E-state index in [1.165, 1.54) is 0 Å². The van der Waals surface area contributed by atoms with E-state index < -0.39 is 5.91 Å². The normalized spacial score (nSPS) is 10.1. The molecule has 0 aliphatic heterocycles. The summed E-state index contributed by atoms with van der Waals surface area (Å²) in [5.74, 6) is 0.398. The van der Waals surface area contributed by atoms with Crippen LogP contribution in [-0.2, 0) is 0 Å². The van der Waals surface area contributed by atoms with E-state index in [0.29, 0.717) is 5.15 Å². The number of carbonyl (C=O) groups is 1. The van der Waals surface area contributed by atoms with Crippen molar-refractivity contribution in [2.24, 2.45) is 5.73 Å². The molecule has 5 heteroatoms. The fraction of sp³-hybridized carbons (Fsp3) is 0.333. The van der Waals surface area contributed by atoms with Crippen molar-refractivity contribution in [1.29, 1.82) is 0 Å². The largest absolute Gasteiger partial charge is 0.364 e. The van der Waals surface area contributed by atoms with E-state index in [1.54, 1.807) is 23.9 Å². The van der Waals surface area contributed by atoms with Crippen molar-refractivity contribution in [2.75, 3.05) is 5.75 Å². The third kappa shape index (κ3) is 2.89. The molecule has 1 rings (SSSR count). The first kappa shape index (κ1) is 11.3. The number of rotatable bonds is 4. The highest BCUT2D eigenvalue weighted by Crippen LogP contribution is 2.23. The van der Waals surface area contributed by atoms with Crippen LogP contribution in [0.5, 0.6) is 0 Å². The molecule has 0 fully saturated rings. The Bertz CT molecular complexity index is 344. The number of hydrogen-bond donors (Lipinski definition) is 1. The Labute approximate surface area is 92.0 Å². The monoisotopic (exact) mass is 230 g/mol. The lowest BCUT2D eigenvalue weighted by Crippen LogP contribution is -2.14. The summed E-state index contributed by atoms with van der Waals surface area (Å²) in [5.41, 5.74) is 5.44. The topological polar surface area (TPSA) is 56.0 Å². The molecule has 0 atom stereocenters. The molecule has 0 aromatic carbocycles. The van der Waals surface area contributed by atoms with Crippen LogP contribution in [0.25, 0.3) is 0 Å². The van der Waals surface area contributed by atoms with E-state index in [9.17, 15) is 4.79 Å². The van der Waals surface area contributed by atoms with Crippen LogP contribution in [-0.4, -0.2) is 16.6 Å². The Balaban J connectivity index is 2.96. The molecule has 0 unspecified atom stereocenters. The van der Waals surface area contributed by atoms with Crippen molar-refractivity contribution in [3.63, 3.8) is 0 Å². The second-order valence-electron chi connectivity index (χ2n) is 2.69. The van der Waals surface area contributed by atoms with Crippen molar-refractivity contribution in [1.82, 2.24) is 4.98 Å². The molecule has 0 aliphatic carbocycles. The Morgan fingerprint density at radius 3 is 2.93 bits per heavy atom. The minimum absolute atomic E-state index is 0.260. The smallest absolute Gasteiger partial charge is 0.268 e. The first-order chi connectivity index (χ1) is 6.65. The number of thioether (sulfide) groups is 1. The average Bonchev–Trinajstić information content (AvgIpc) is 2.15. The van der Waals surface area contributed by atoms with Crippen molar-refractivity contribution in [2.45, 2.75) is 18.2 Å². The fourth-order valence-electron chi connectivity index (χ4n) is 0.928. The number of hydrogen-bond acceptors (Lipinski definition) is 3. The molecule has 1 aromatic rings. The van der Waals surface area contributed by atoms with Crippen molar-refractivity contribution in [3.05, 3.63) is 23.0 Å². The van der Waals surface area contributed by atoms with Crippen LogP contribution in [0.1, 0.15) is 23.8 Å². The van der Waals surface area contributed by atoms with Gasteiger partial charge in [0.2, 0.25) is 0 Å². The number of halogens is 1. The van der Waals surface area contributed by atoms with E-state index in [4.69, 9.17) is 17.3 Å². The molecule has 3 nitrogen and oxygen atoms in total. The van der Waals surface area contributed by atoms with Crippen LogP contribution in [0.15, 0.2) is 17.0 Å². The number of nitrogens with two attached hydrogens (primary N) is 1. The van der Waals surface area contributed by atoms with Gasteiger partial charge in [-0.1, -0.05) is 18.5 Å². The fourth-order valence-corrected chi connectivity index (χ4v) is 1.95. The van der Waals surface area contributed by atoms with Gasteiger partial charge in [0.05, 0.1) is 0 Å². The first-order valence-electron chi connectivity index (χ1n) is 4.24. The number of nitrogens with zero attached hydrogens (tertiary/aromatic N) is 1. The minimum atomic E-state index is -0.536. The van der Waals surface area contributed by atoms with Crippen LogP contribution in [0.2, 0.25) is 5.15 Å². The van der Waals surface area contributed by atoms with Gasteiger partial charge in [0.15, 0.2) is 0 Å². The Kier molecular flexibility index (Phi) is 4.22. The van der Waals surface area contributed by atoms with E-state index >= 15 is 0 Å². The van der Waals surface area contributed by atoms with Crippen molar-refractivity contribution in [3.8, 4) is 0 Å². The zero-order valence-corrected chi connectivity index (χ0v) is 9.36. The quantitative estimate of drug-likeness (QED) is 0.638. The predicted molar refractivity (Wildman–Crippen MR) is 58.8 cm³/mol. The van der Waals surface area contributed by atoms with Gasteiger partial charge in [-0.25, -0.2) is 4.98 Å². The zero-order chi connectivity index (χ0) is 10.6. The molecule has 0 spiro atoms. The van der Waals surface area contributed by atoms with Gasteiger partial charge < -0.3 is 5.73 Å². The summed E-state index contributed by atoms with van der Waals surface area (Å²) in [6.07, 6.45) is 1.03. The van der Waals surface area contributed by atoms with Gasteiger partial charge in [0, 0.05) is 4.90 Å². The lowest BCUT2D eigenvalue weighted by molar-refractivity contribution is 0.0992. The summed E-state index contributed by atoms with van der Waals surface area (Å²) in [7, 11) is 0. The van der Waals surface area contributed by atoms with Gasteiger partial charge in [-0.2, -0.15) is 0 Å². The van der Waals surface area contributed by atoms with Crippen molar-refractivity contribution < 1.29 is 4.79 Å². The van der Waals surface area contributed by atoms with E-state index in [2.05, 4.69) is 11.9 Å². The van der Waals surface area contributed by atoms with Gasteiger partial charge in [0.25, 0.3) is 5.91 Å². The summed E-state index contributed by atoms with van der Waals surface area (Å²) in [6.45, 7) is 2.07. The standard InChI is InChI=1S/C9H11ClN2OS/c1-2-5-14-6-3-4-7(10)12-8(6)9(11)13/h3-4H,2,5H2,1H3,(H2,11,13). The number of primary amides is 1. The van der Waals surface area contributed by atoms with Gasteiger partial charge in [0.1, 0.15) is 10.8 Å². The predicted octanol–water partition coefficient (Wildman–Crippen LogP) is 2.34. The molecule has 2 N–H and O–H groups in total. The maximum absolute atomic E-state index is 11.0. The molecule has 0 saturated heterocycles. The van der Waals surface area contributed by atoms with E-state index in [1.807, 2.05) is 0 Å². The lowest BCUT2D eigenvalue weighted by atomic mass is 10.3. The summed E-state index contributed by atoms with van der Waals surface area (Å²) in [6, 6.07) is 3.43. The van der Waals surface area contributed by atoms with Gasteiger partial charge in [-0.05, 0) is 24.3 Å². The van der Waals surface area contributed by atoms with Gasteiger partial charge >= 0.3 is 0 Å². The SMILES string of the molecule is CCCSc1ccc(Cl)nc1C(N)=O. The highest BCUT2D eigenvalue weighted by molar-refractivity contribution is 7.99. The van der Waals surface area contributed by atoms with Crippen LogP contribution in [0.3, 0.4) is 0 Å². The second-order valence-corrected chi connectivity index (χ2v) is 4.22. The third-order valence-corrected chi connectivity index (χ3v) is 2.98. The third-order valence-electron chi connectivity index (χ3n) is 1.52. The Morgan fingerprint density at radius 1 is 1.64 bits per heavy atom. The second kappa shape index (κ2) is 5.22. The molecule has 76 valence electrons. The molecule has 1 aromatic heterocycles. The molecule has 0 bridgehead atoms. The van der Waals surface area contributed by atoms with E-state index in [0.717, 1.165) is 17.1 Å². The molecular weight excluding hydrogens is 220 g/mol. The molecular formula is C9H11ClN2OS. The maximum Gasteiger partial charge on any atom is 0.268 e. The number of amides is 1. The number of pyridine rings is 1. The van der Waals surface area contributed by atoms with Gasteiger partial charge in [-0.15, -0.1) is 11.8 Å². The van der Waals surface area contributed by atoms with Crippen molar-refractivity contribution >= 4 is 29.3 Å². The lowest BCUT2D eigenvalue weighted by Gasteiger charge is -2.04. The summed E-state index contributed by atoms with van der Waals surface area (Å²) in [5, 5.41) is 0.291. The zero-order valence-electron chi connectivity index (χ0n) is 7.79. The minimum Gasteiger partial charge on any atom is -0.364 e. The molecule has 0 aliphatic rings. The maximum atomic E-state index is 11.0. The summed E-state index contributed by atoms with van der Waals surface area (Å²) in [4.78, 5) is 15.7. The van der Waals surface area contributed by atoms with Crippen LogP contribution >= 0.6 is 23.4 Å². The molecule has 1 amide bonds. The highest BCUT2D eigenvalue weighted by atomic mass is 35.5. The number of carbonyl (C=O) groups excluding carboxylic acids is 1. The highest BCUT2D eigenvalue weighted by Gasteiger charge is 2.10. The molecule has 0 saturated carbocycles. The van der Waals surface area contributed by atoms with Crippen LogP contribution in [0, 0.1) is 0 Å². The van der Waals surface area contributed by atoms with Crippen LogP contribution in [0.4, 0.5) is 0 Å². The molecule has 0 radical (unpaired) electrons. The molecule has 1 heterocycles. The first-order valence-corrected chi connectivity index (χ1v) is 5.60. The Morgan fingerprint density at radius 2 is 2.36 bits per heavy atom. The Hall–Kier alpha value is -0.740. The average molecular weight is 231 g/mol. The summed E-state index contributed by atoms with van der Waals surface area (Å²) < 4.78 is 0. The van der Waals surface area contributed by atoms with Gasteiger partial charge in [-0.3, -0.25) is 4.79 Å².